The van der Waals surface area contributed by atoms with Crippen LogP contribution in [0.25, 0.3) is 0 Å². The monoisotopic (exact) mass is 502 g/mol. The highest BCUT2D eigenvalue weighted by atomic mass is 32.2. The third-order valence-corrected chi connectivity index (χ3v) is 8.09. The maximum absolute atomic E-state index is 12.9. The zero-order chi connectivity index (χ0) is 25.1. The minimum atomic E-state index is -5.08. The number of carboxylic acid groups (broad SMARTS) is 1. The first kappa shape index (κ1) is 25.7. The van der Waals surface area contributed by atoms with Crippen molar-refractivity contribution in [3.63, 3.8) is 0 Å². The number of carboxylic acids is 1. The van der Waals surface area contributed by atoms with Gasteiger partial charge >= 0.3 is 12.1 Å². The molecule has 0 saturated carbocycles. The van der Waals surface area contributed by atoms with Crippen LogP contribution in [-0.4, -0.2) is 70.3 Å². The summed E-state index contributed by atoms with van der Waals surface area (Å²) < 4.78 is 58.7. The number of likely N-dealkylation sites (tertiary alicyclic amines) is 1. The van der Waals surface area contributed by atoms with Gasteiger partial charge in [0.2, 0.25) is 5.91 Å². The number of fused-ring (bicyclic) bond motifs is 1. The second-order valence-electron chi connectivity index (χ2n) is 8.34. The summed E-state index contributed by atoms with van der Waals surface area (Å²) in [6.45, 7) is 1.76. The highest BCUT2D eigenvalue weighted by Crippen LogP contribution is 2.38. The van der Waals surface area contributed by atoms with Gasteiger partial charge in [0.05, 0.1) is 17.2 Å². The molecule has 2 saturated heterocycles. The Bertz CT molecular complexity index is 1120. The first-order valence-electron chi connectivity index (χ1n) is 10.4. The minimum Gasteiger partial charge on any atom is -0.475 e. The number of halogens is 3. The molecule has 0 aliphatic carbocycles. The molecule has 3 heterocycles. The Hall–Kier alpha value is -2.93. The van der Waals surface area contributed by atoms with Gasteiger partial charge in [0.1, 0.15) is 0 Å². The average Bonchev–Trinajstić information content (AvgIpc) is 3.35. The third-order valence-electron chi connectivity index (χ3n) is 5.86. The quantitative estimate of drug-likeness (QED) is 0.655. The lowest BCUT2D eigenvalue weighted by molar-refractivity contribution is -0.192. The Morgan fingerprint density at radius 1 is 1.21 bits per heavy atom. The lowest BCUT2D eigenvalue weighted by Crippen LogP contribution is -2.45. The van der Waals surface area contributed by atoms with E-state index in [1.54, 1.807) is 10.9 Å². The highest BCUT2D eigenvalue weighted by Gasteiger charge is 2.50. The number of nitrogens with one attached hydrogen (secondary N) is 1. The van der Waals surface area contributed by atoms with E-state index in [2.05, 4.69) is 15.3 Å². The Morgan fingerprint density at radius 2 is 1.85 bits per heavy atom. The van der Waals surface area contributed by atoms with Gasteiger partial charge in [-0.15, -0.1) is 0 Å². The van der Waals surface area contributed by atoms with Gasteiger partial charge in [-0.1, -0.05) is 18.2 Å². The predicted octanol–water partition coefficient (Wildman–Crippen LogP) is 1.93. The molecule has 2 fully saturated rings. The summed E-state index contributed by atoms with van der Waals surface area (Å²) in [6, 6.07) is 9.33. The van der Waals surface area contributed by atoms with E-state index in [-0.39, 0.29) is 23.5 Å². The number of para-hydroxylation sites is 1. The van der Waals surface area contributed by atoms with Crippen LogP contribution in [0.4, 0.5) is 18.9 Å². The van der Waals surface area contributed by atoms with Crippen molar-refractivity contribution in [1.29, 1.82) is 0 Å². The number of nitrogens with zero attached hydrogens (tertiary/aromatic N) is 3. The van der Waals surface area contributed by atoms with Gasteiger partial charge in [0, 0.05) is 56.0 Å². The summed E-state index contributed by atoms with van der Waals surface area (Å²) in [4.78, 5) is 23.9. The molecule has 34 heavy (non-hydrogen) atoms. The van der Waals surface area contributed by atoms with Crippen molar-refractivity contribution in [1.82, 2.24) is 14.7 Å². The van der Waals surface area contributed by atoms with E-state index in [0.717, 1.165) is 11.3 Å². The van der Waals surface area contributed by atoms with E-state index in [1.807, 2.05) is 43.6 Å². The first-order chi connectivity index (χ1) is 15.9. The molecule has 0 bridgehead atoms. The molecule has 0 unspecified atom stereocenters. The molecule has 13 heteroatoms. The van der Waals surface area contributed by atoms with Gasteiger partial charge in [-0.25, -0.2) is 13.2 Å². The van der Waals surface area contributed by atoms with Crippen LogP contribution < -0.4 is 5.32 Å². The number of sulfone groups is 1. The van der Waals surface area contributed by atoms with Crippen molar-refractivity contribution < 1.29 is 36.3 Å². The zero-order valence-electron chi connectivity index (χ0n) is 18.3. The molecule has 3 atom stereocenters. The van der Waals surface area contributed by atoms with Crippen LogP contribution in [0.5, 0.6) is 0 Å². The summed E-state index contributed by atoms with van der Waals surface area (Å²) in [5.41, 5.74) is 1.80. The van der Waals surface area contributed by atoms with Crippen LogP contribution in [0.15, 0.2) is 42.7 Å². The SMILES string of the molecule is Cn1cc(CN2C[C@H]3[C@@H](C2)S(=O)(=O)CC[C@H]3C(=O)Nc2ccccc2)cn1.O=C(O)C(F)(F)F. The maximum Gasteiger partial charge on any atom is 0.490 e. The van der Waals surface area contributed by atoms with Crippen molar-refractivity contribution in [2.75, 3.05) is 24.2 Å². The molecule has 1 aromatic heterocycles. The number of benzene rings is 1. The maximum atomic E-state index is 12.9. The number of hydrogen-bond acceptors (Lipinski definition) is 6. The number of anilines is 1. The lowest BCUT2D eigenvalue weighted by Gasteiger charge is -2.31. The fourth-order valence-electron chi connectivity index (χ4n) is 4.33. The number of aromatic nitrogens is 2. The largest absolute Gasteiger partial charge is 0.490 e. The Kier molecular flexibility index (Phi) is 7.66. The molecule has 1 amide bonds. The number of aryl methyl sites for hydroxylation is 1. The molecule has 2 aliphatic heterocycles. The Morgan fingerprint density at radius 3 is 2.41 bits per heavy atom. The smallest absolute Gasteiger partial charge is 0.475 e. The van der Waals surface area contributed by atoms with Crippen LogP contribution in [0.1, 0.15) is 12.0 Å². The van der Waals surface area contributed by atoms with Crippen LogP contribution in [-0.2, 0) is 33.0 Å². The second-order valence-corrected chi connectivity index (χ2v) is 10.7. The van der Waals surface area contributed by atoms with Crippen LogP contribution in [0.3, 0.4) is 0 Å². The van der Waals surface area contributed by atoms with Crippen molar-refractivity contribution in [3.8, 4) is 0 Å². The molecule has 2 aliphatic rings. The fourth-order valence-corrected chi connectivity index (χ4v) is 6.46. The highest BCUT2D eigenvalue weighted by molar-refractivity contribution is 7.92. The van der Waals surface area contributed by atoms with Gasteiger partial charge in [-0.3, -0.25) is 14.4 Å². The number of alkyl halides is 3. The lowest BCUT2D eigenvalue weighted by atomic mass is 9.87. The number of hydrogen-bond donors (Lipinski definition) is 2. The number of carbonyl (C=O) groups excluding carboxylic acids is 1. The first-order valence-corrected chi connectivity index (χ1v) is 12.2. The fraction of sp³-hybridized carbons (Fsp3) is 0.476. The Labute approximate surface area is 194 Å². The number of aliphatic carboxylic acids is 1. The third kappa shape index (κ3) is 6.35. The van der Waals surface area contributed by atoms with Gasteiger partial charge < -0.3 is 10.4 Å². The van der Waals surface area contributed by atoms with Crippen LogP contribution in [0.2, 0.25) is 0 Å². The molecular formula is C21H25F3N4O5S. The van der Waals surface area contributed by atoms with Gasteiger partial charge in [0.25, 0.3) is 0 Å². The van der Waals surface area contributed by atoms with E-state index in [1.165, 1.54) is 0 Å². The topological polar surface area (TPSA) is 122 Å². The summed E-state index contributed by atoms with van der Waals surface area (Å²) in [6.07, 6.45) is -0.949. The molecule has 0 spiro atoms. The van der Waals surface area contributed by atoms with E-state index >= 15 is 0 Å². The zero-order valence-corrected chi connectivity index (χ0v) is 19.1. The molecule has 9 nitrogen and oxygen atoms in total. The summed E-state index contributed by atoms with van der Waals surface area (Å²) in [7, 11) is -1.30. The number of carbonyl (C=O) groups is 2. The summed E-state index contributed by atoms with van der Waals surface area (Å²) >= 11 is 0. The normalized spacial score (nSPS) is 23.9. The molecule has 186 valence electrons. The summed E-state index contributed by atoms with van der Waals surface area (Å²) in [5.74, 6) is -3.19. The van der Waals surface area contributed by atoms with Crippen molar-refractivity contribution >= 4 is 27.4 Å². The van der Waals surface area contributed by atoms with E-state index < -0.39 is 27.2 Å². The molecule has 2 N–H and O–H groups in total. The molecule has 4 rings (SSSR count). The molecular weight excluding hydrogens is 477 g/mol. The molecule has 2 aromatic rings. The Balaban J connectivity index is 0.000000406. The second kappa shape index (κ2) is 10.1. The minimum absolute atomic E-state index is 0.0747. The van der Waals surface area contributed by atoms with Crippen LogP contribution >= 0.6 is 0 Å². The van der Waals surface area contributed by atoms with Gasteiger partial charge in [0.15, 0.2) is 9.84 Å². The van der Waals surface area contributed by atoms with Crippen molar-refractivity contribution in [3.05, 3.63) is 48.3 Å². The van der Waals surface area contributed by atoms with Gasteiger partial charge in [-0.05, 0) is 18.6 Å². The van der Waals surface area contributed by atoms with E-state index in [0.29, 0.717) is 26.1 Å². The van der Waals surface area contributed by atoms with E-state index in [4.69, 9.17) is 9.90 Å². The van der Waals surface area contributed by atoms with E-state index in [9.17, 15) is 26.4 Å². The average molecular weight is 503 g/mol. The molecule has 1 aromatic carbocycles. The van der Waals surface area contributed by atoms with Crippen molar-refractivity contribution in [2.24, 2.45) is 18.9 Å². The standard InChI is InChI=1S/C19H24N4O3S.C2HF3O2/c1-22-10-14(9-20-22)11-23-12-17-16(7-8-27(25,26)18(17)13-23)19(24)21-15-5-3-2-4-6-15;3-2(4,5)1(6)7/h2-6,9-10,16-18H,7-8,11-13H2,1H3,(H,21,24);(H,6,7)/t16-,17-,18-;/m1./s1. The van der Waals surface area contributed by atoms with Crippen molar-refractivity contribution in [2.45, 2.75) is 24.4 Å². The molecule has 0 radical (unpaired) electrons. The van der Waals surface area contributed by atoms with Gasteiger partial charge in [-0.2, -0.15) is 18.3 Å². The predicted molar refractivity (Wildman–Crippen MR) is 116 cm³/mol. The number of amides is 1. The summed E-state index contributed by atoms with van der Waals surface area (Å²) in [5, 5.41) is 13.8. The van der Waals surface area contributed by atoms with Crippen LogP contribution in [0, 0.1) is 11.8 Å². The number of rotatable bonds is 4.